The van der Waals surface area contributed by atoms with Crippen molar-refractivity contribution in [1.29, 1.82) is 0 Å². The van der Waals surface area contributed by atoms with Crippen LogP contribution >= 0.6 is 0 Å². The van der Waals surface area contributed by atoms with Crippen LogP contribution in [0, 0.1) is 10.8 Å². The monoisotopic (exact) mass is 328 g/mol. The number of likely N-dealkylation sites (tertiary alicyclic amines) is 1. The van der Waals surface area contributed by atoms with E-state index in [1.165, 1.54) is 12.0 Å². The molecule has 2 rings (SSSR count). The highest BCUT2D eigenvalue weighted by atomic mass is 19.4. The molecule has 23 heavy (non-hydrogen) atoms. The molecule has 4 nitrogen and oxygen atoms in total. The normalized spacial score (nSPS) is 17.5. The molecule has 0 aromatic heterocycles. The summed E-state index contributed by atoms with van der Waals surface area (Å²) < 4.78 is 38.8. The Labute approximate surface area is 134 Å². The lowest BCUT2D eigenvalue weighted by molar-refractivity contribution is -0.137. The number of halogens is 3. The van der Waals surface area contributed by atoms with E-state index < -0.39 is 17.4 Å². The largest absolute Gasteiger partial charge is 0.418 e. The molecule has 1 aromatic rings. The number of nitroso groups, excluding NO2 is 1. The Kier molecular flexibility index (Phi) is 5.62. The summed E-state index contributed by atoms with van der Waals surface area (Å²) in [7, 11) is 0. The number of alkyl halides is 3. The summed E-state index contributed by atoms with van der Waals surface area (Å²) in [5.74, 6) is 1.35. The van der Waals surface area contributed by atoms with Crippen molar-refractivity contribution in [3.8, 4) is 0 Å². The van der Waals surface area contributed by atoms with Gasteiger partial charge in [-0.15, -0.1) is 4.91 Å². The van der Waals surface area contributed by atoms with Gasteiger partial charge in [0, 0.05) is 31.4 Å². The van der Waals surface area contributed by atoms with Crippen LogP contribution in [-0.2, 0) is 6.18 Å². The zero-order valence-corrected chi connectivity index (χ0v) is 13.3. The van der Waals surface area contributed by atoms with E-state index in [4.69, 9.17) is 0 Å². The van der Waals surface area contributed by atoms with Crippen molar-refractivity contribution in [2.75, 3.05) is 25.0 Å². The first-order valence-electron chi connectivity index (χ1n) is 7.62. The van der Waals surface area contributed by atoms with Crippen LogP contribution < -0.4 is 5.32 Å². The van der Waals surface area contributed by atoms with Gasteiger partial charge in [-0.1, -0.05) is 13.8 Å². The summed E-state index contributed by atoms with van der Waals surface area (Å²) in [6, 6.07) is 3.69. The van der Waals surface area contributed by atoms with Gasteiger partial charge >= 0.3 is 6.18 Å². The molecule has 1 aliphatic heterocycles. The number of rotatable bonds is 5. The molecular weight excluding hydrogens is 307 g/mol. The third-order valence-electron chi connectivity index (χ3n) is 3.90. The topological polar surface area (TPSA) is 44.7 Å². The minimum absolute atomic E-state index is 0.138. The van der Waals surface area contributed by atoms with Crippen LogP contribution in [0.15, 0.2) is 23.4 Å². The van der Waals surface area contributed by atoms with Gasteiger partial charge in [-0.3, -0.25) is 0 Å². The van der Waals surface area contributed by atoms with Crippen LogP contribution in [0.5, 0.6) is 0 Å². The Balaban J connectivity index is 2.00. The van der Waals surface area contributed by atoms with Crippen molar-refractivity contribution in [3.63, 3.8) is 0 Å². The Hall–Kier alpha value is -1.63. The highest BCUT2D eigenvalue weighted by Gasteiger charge is 2.34. The summed E-state index contributed by atoms with van der Waals surface area (Å²) in [5.41, 5.74) is -1.20. The molecule has 1 N–H and O–H groups in total. The van der Waals surface area contributed by atoms with E-state index in [9.17, 15) is 18.1 Å². The Morgan fingerprint density at radius 2 is 1.96 bits per heavy atom. The predicted molar refractivity (Wildman–Crippen MR) is 84.6 cm³/mol. The SMILES string of the molecule is C[C](C)CN1CCC(Nc2ccc(N=O)c(C(F)(F)F)c2)CC1. The van der Waals surface area contributed by atoms with Crippen molar-refractivity contribution in [2.24, 2.45) is 5.18 Å². The molecule has 1 fully saturated rings. The third kappa shape index (κ3) is 4.92. The molecule has 1 heterocycles. The van der Waals surface area contributed by atoms with E-state index in [1.54, 1.807) is 0 Å². The second-order valence-electron chi connectivity index (χ2n) is 6.22. The zero-order valence-electron chi connectivity index (χ0n) is 13.3. The molecule has 0 bridgehead atoms. The Bertz CT molecular complexity index is 538. The Morgan fingerprint density at radius 3 is 2.48 bits per heavy atom. The van der Waals surface area contributed by atoms with Crippen LogP contribution in [0.1, 0.15) is 32.3 Å². The maximum Gasteiger partial charge on any atom is 0.418 e. The quantitative estimate of drug-likeness (QED) is 0.804. The summed E-state index contributed by atoms with van der Waals surface area (Å²) in [6.45, 7) is 6.98. The maximum absolute atomic E-state index is 12.9. The third-order valence-corrected chi connectivity index (χ3v) is 3.90. The first kappa shape index (κ1) is 17.7. The average molecular weight is 328 g/mol. The fraction of sp³-hybridized carbons (Fsp3) is 0.562. The van der Waals surface area contributed by atoms with Crippen molar-refractivity contribution in [2.45, 2.75) is 38.9 Å². The van der Waals surface area contributed by atoms with Crippen LogP contribution in [0.25, 0.3) is 0 Å². The standard InChI is InChI=1S/C16H21F3N3O/c1-11(2)10-22-7-5-12(6-8-22)20-13-3-4-15(21-23)14(9-13)16(17,18)19/h3-4,9,12,20H,5-8,10H2,1-2H3. The Morgan fingerprint density at radius 1 is 1.30 bits per heavy atom. The molecular formula is C16H21F3N3O. The first-order valence-corrected chi connectivity index (χ1v) is 7.62. The van der Waals surface area contributed by atoms with Gasteiger partial charge in [0.25, 0.3) is 0 Å². The van der Waals surface area contributed by atoms with Crippen LogP contribution in [-0.4, -0.2) is 30.6 Å². The highest BCUT2D eigenvalue weighted by molar-refractivity contribution is 5.58. The lowest BCUT2D eigenvalue weighted by Gasteiger charge is -2.33. The molecule has 1 aromatic carbocycles. The van der Waals surface area contributed by atoms with Gasteiger partial charge in [0.15, 0.2) is 0 Å². The molecule has 0 spiro atoms. The van der Waals surface area contributed by atoms with E-state index in [1.807, 2.05) is 0 Å². The molecule has 7 heteroatoms. The van der Waals surface area contributed by atoms with Gasteiger partial charge in [-0.25, -0.2) is 0 Å². The van der Waals surface area contributed by atoms with E-state index >= 15 is 0 Å². The average Bonchev–Trinajstić information content (AvgIpc) is 2.48. The van der Waals surface area contributed by atoms with Crippen molar-refractivity contribution < 1.29 is 13.2 Å². The molecule has 0 atom stereocenters. The fourth-order valence-corrected chi connectivity index (χ4v) is 2.85. The number of benzene rings is 1. The summed E-state index contributed by atoms with van der Waals surface area (Å²) in [4.78, 5) is 12.9. The molecule has 0 unspecified atom stereocenters. The number of hydrogen-bond acceptors (Lipinski definition) is 4. The minimum Gasteiger partial charge on any atom is -0.382 e. The van der Waals surface area contributed by atoms with Crippen molar-refractivity contribution in [1.82, 2.24) is 4.90 Å². The van der Waals surface area contributed by atoms with Crippen LogP contribution in [0.4, 0.5) is 24.5 Å². The van der Waals surface area contributed by atoms with Crippen LogP contribution in [0.2, 0.25) is 0 Å². The zero-order chi connectivity index (χ0) is 17.0. The second kappa shape index (κ2) is 7.29. The molecule has 0 saturated carbocycles. The van der Waals surface area contributed by atoms with Gasteiger partial charge in [0.05, 0.1) is 5.56 Å². The van der Waals surface area contributed by atoms with Gasteiger partial charge in [0.1, 0.15) is 5.69 Å². The van der Waals surface area contributed by atoms with Crippen molar-refractivity contribution in [3.05, 3.63) is 34.6 Å². The summed E-state index contributed by atoms with van der Waals surface area (Å²) >= 11 is 0. The van der Waals surface area contributed by atoms with E-state index in [0.717, 1.165) is 44.6 Å². The fourth-order valence-electron chi connectivity index (χ4n) is 2.85. The lowest BCUT2D eigenvalue weighted by atomic mass is 10.0. The predicted octanol–water partition coefficient (Wildman–Crippen LogP) is 4.59. The first-order chi connectivity index (χ1) is 10.8. The van der Waals surface area contributed by atoms with Crippen LogP contribution in [0.3, 0.4) is 0 Å². The minimum atomic E-state index is -4.58. The van der Waals surface area contributed by atoms with E-state index in [0.29, 0.717) is 5.69 Å². The van der Waals surface area contributed by atoms with Gasteiger partial charge in [-0.05, 0) is 42.1 Å². The van der Waals surface area contributed by atoms with Crippen molar-refractivity contribution >= 4 is 11.4 Å². The maximum atomic E-state index is 12.9. The molecule has 1 saturated heterocycles. The molecule has 0 aliphatic carbocycles. The lowest BCUT2D eigenvalue weighted by Crippen LogP contribution is -2.40. The molecule has 0 amide bonds. The number of hydrogen-bond donors (Lipinski definition) is 1. The molecule has 1 radical (unpaired) electrons. The molecule has 1 aliphatic rings. The van der Waals surface area contributed by atoms with Gasteiger partial charge in [0.2, 0.25) is 0 Å². The number of anilines is 1. The van der Waals surface area contributed by atoms with Gasteiger partial charge in [-0.2, -0.15) is 13.2 Å². The smallest absolute Gasteiger partial charge is 0.382 e. The summed E-state index contributed by atoms with van der Waals surface area (Å²) in [6.07, 6.45) is -2.83. The highest BCUT2D eigenvalue weighted by Crippen LogP contribution is 2.38. The number of piperidine rings is 1. The summed E-state index contributed by atoms with van der Waals surface area (Å²) in [5, 5.41) is 5.60. The van der Waals surface area contributed by atoms with Gasteiger partial charge < -0.3 is 10.2 Å². The molecule has 127 valence electrons. The number of nitrogens with one attached hydrogen (secondary N) is 1. The second-order valence-corrected chi connectivity index (χ2v) is 6.22. The number of nitrogens with zero attached hydrogens (tertiary/aromatic N) is 2. The van der Waals surface area contributed by atoms with E-state index in [-0.39, 0.29) is 6.04 Å². The van der Waals surface area contributed by atoms with E-state index in [2.05, 4.69) is 29.2 Å².